The minimum atomic E-state index is 0.504. The number of benzene rings is 1. The van der Waals surface area contributed by atoms with Crippen LogP contribution in [0.2, 0.25) is 0 Å². The summed E-state index contributed by atoms with van der Waals surface area (Å²) >= 11 is 0. The van der Waals surface area contributed by atoms with Crippen molar-refractivity contribution in [2.45, 2.75) is 6.92 Å². The third kappa shape index (κ3) is 2.66. The second-order valence-electron chi connectivity index (χ2n) is 3.42. The Labute approximate surface area is 99.3 Å². The van der Waals surface area contributed by atoms with Crippen LogP contribution in [0.5, 0.6) is 5.88 Å². The fourth-order valence-corrected chi connectivity index (χ4v) is 1.44. The van der Waals surface area contributed by atoms with Gasteiger partial charge in [0.15, 0.2) is 0 Å². The Morgan fingerprint density at radius 1 is 1.24 bits per heavy atom. The molecule has 1 aromatic heterocycles. The van der Waals surface area contributed by atoms with Crippen LogP contribution in [0.15, 0.2) is 36.7 Å². The van der Waals surface area contributed by atoms with Crippen molar-refractivity contribution in [2.75, 3.05) is 6.61 Å². The predicted molar refractivity (Wildman–Crippen MR) is 64.0 cm³/mol. The van der Waals surface area contributed by atoms with Gasteiger partial charge in [-0.05, 0) is 6.92 Å². The van der Waals surface area contributed by atoms with Gasteiger partial charge in [0.2, 0.25) is 5.88 Å². The van der Waals surface area contributed by atoms with Gasteiger partial charge in [-0.25, -0.2) is 4.98 Å². The van der Waals surface area contributed by atoms with E-state index in [-0.39, 0.29) is 0 Å². The first-order valence-electron chi connectivity index (χ1n) is 5.34. The van der Waals surface area contributed by atoms with Gasteiger partial charge in [0.05, 0.1) is 24.7 Å². The van der Waals surface area contributed by atoms with E-state index in [0.29, 0.717) is 18.1 Å². The second-order valence-corrected chi connectivity index (χ2v) is 3.42. The summed E-state index contributed by atoms with van der Waals surface area (Å²) < 4.78 is 5.28. The van der Waals surface area contributed by atoms with Gasteiger partial charge in [0.25, 0.3) is 0 Å². The maximum atomic E-state index is 10.5. The molecule has 0 radical (unpaired) electrons. The number of aromatic nitrogens is 2. The smallest absolute Gasteiger partial charge is 0.232 e. The highest BCUT2D eigenvalue weighted by molar-refractivity contribution is 5.76. The number of aldehydes is 1. The average molecular weight is 228 g/mol. The van der Waals surface area contributed by atoms with Crippen LogP contribution in [0.1, 0.15) is 17.3 Å². The summed E-state index contributed by atoms with van der Waals surface area (Å²) in [7, 11) is 0. The number of carbonyl (C=O) groups excluding carboxylic acids is 1. The van der Waals surface area contributed by atoms with Gasteiger partial charge in [-0.15, -0.1) is 0 Å². The zero-order valence-corrected chi connectivity index (χ0v) is 9.46. The van der Waals surface area contributed by atoms with Crippen LogP contribution in [0, 0.1) is 0 Å². The van der Waals surface area contributed by atoms with E-state index in [1.54, 1.807) is 24.5 Å². The molecule has 4 nitrogen and oxygen atoms in total. The highest BCUT2D eigenvalue weighted by atomic mass is 16.5. The zero-order valence-electron chi connectivity index (χ0n) is 9.46. The SMILES string of the molecule is CCOc1cncc(-c2ccc(C=O)cc2)n1. The first kappa shape index (κ1) is 11.3. The van der Waals surface area contributed by atoms with E-state index >= 15 is 0 Å². The van der Waals surface area contributed by atoms with E-state index in [1.165, 1.54) is 0 Å². The molecule has 0 aliphatic heterocycles. The molecule has 0 bridgehead atoms. The molecule has 2 aromatic rings. The molecule has 0 aliphatic rings. The average Bonchev–Trinajstić information content (AvgIpc) is 2.40. The Hall–Kier alpha value is -2.23. The molecule has 4 heteroatoms. The van der Waals surface area contributed by atoms with Gasteiger partial charge < -0.3 is 4.74 Å². The number of hydrogen-bond donors (Lipinski definition) is 0. The van der Waals surface area contributed by atoms with Gasteiger partial charge in [-0.2, -0.15) is 0 Å². The fourth-order valence-electron chi connectivity index (χ4n) is 1.44. The van der Waals surface area contributed by atoms with E-state index in [0.717, 1.165) is 17.5 Å². The van der Waals surface area contributed by atoms with E-state index in [1.807, 2.05) is 19.1 Å². The van der Waals surface area contributed by atoms with Gasteiger partial charge in [-0.1, -0.05) is 24.3 Å². The van der Waals surface area contributed by atoms with Crippen molar-refractivity contribution in [1.29, 1.82) is 0 Å². The van der Waals surface area contributed by atoms with Crippen molar-refractivity contribution < 1.29 is 9.53 Å². The van der Waals surface area contributed by atoms with Gasteiger partial charge in [0, 0.05) is 11.1 Å². The summed E-state index contributed by atoms with van der Waals surface area (Å²) in [6, 6.07) is 7.17. The molecule has 0 saturated carbocycles. The van der Waals surface area contributed by atoms with Crippen LogP contribution in [0.3, 0.4) is 0 Å². The molecule has 0 atom stereocenters. The summed E-state index contributed by atoms with van der Waals surface area (Å²) in [4.78, 5) is 18.9. The van der Waals surface area contributed by atoms with Crippen molar-refractivity contribution >= 4 is 6.29 Å². The first-order valence-corrected chi connectivity index (χ1v) is 5.34. The van der Waals surface area contributed by atoms with E-state index in [9.17, 15) is 4.79 Å². The second kappa shape index (κ2) is 5.21. The maximum absolute atomic E-state index is 10.5. The van der Waals surface area contributed by atoms with Crippen LogP contribution in [-0.4, -0.2) is 22.9 Å². The van der Waals surface area contributed by atoms with E-state index < -0.39 is 0 Å². The van der Waals surface area contributed by atoms with Crippen molar-refractivity contribution in [1.82, 2.24) is 9.97 Å². The third-order valence-electron chi connectivity index (χ3n) is 2.25. The van der Waals surface area contributed by atoms with Crippen molar-refractivity contribution in [3.05, 3.63) is 42.2 Å². The molecule has 86 valence electrons. The highest BCUT2D eigenvalue weighted by Crippen LogP contribution is 2.18. The van der Waals surface area contributed by atoms with Crippen molar-refractivity contribution in [2.24, 2.45) is 0 Å². The summed E-state index contributed by atoms with van der Waals surface area (Å²) in [6.45, 7) is 2.45. The molecule has 1 heterocycles. The first-order chi connectivity index (χ1) is 8.33. The van der Waals surface area contributed by atoms with Crippen LogP contribution in [0.4, 0.5) is 0 Å². The summed E-state index contributed by atoms with van der Waals surface area (Å²) in [5.74, 6) is 0.504. The maximum Gasteiger partial charge on any atom is 0.232 e. The Kier molecular flexibility index (Phi) is 3.45. The summed E-state index contributed by atoms with van der Waals surface area (Å²) in [5.41, 5.74) is 2.28. The molecule has 0 aliphatic carbocycles. The van der Waals surface area contributed by atoms with E-state index in [4.69, 9.17) is 4.74 Å². The van der Waals surface area contributed by atoms with Gasteiger partial charge >= 0.3 is 0 Å². The molecule has 0 unspecified atom stereocenters. The van der Waals surface area contributed by atoms with Crippen LogP contribution in [0.25, 0.3) is 11.3 Å². The Balaban J connectivity index is 2.31. The minimum Gasteiger partial charge on any atom is -0.477 e. The van der Waals surface area contributed by atoms with Crippen molar-refractivity contribution in [3.63, 3.8) is 0 Å². The lowest BCUT2D eigenvalue weighted by Gasteiger charge is -2.04. The Morgan fingerprint density at radius 2 is 2.00 bits per heavy atom. The lowest BCUT2D eigenvalue weighted by Crippen LogP contribution is -1.96. The van der Waals surface area contributed by atoms with Crippen LogP contribution in [-0.2, 0) is 0 Å². The monoisotopic (exact) mass is 228 g/mol. The normalized spacial score (nSPS) is 9.94. The number of ether oxygens (including phenoxy) is 1. The summed E-state index contributed by atoms with van der Waals surface area (Å²) in [5, 5.41) is 0. The molecular weight excluding hydrogens is 216 g/mol. The molecule has 17 heavy (non-hydrogen) atoms. The van der Waals surface area contributed by atoms with E-state index in [2.05, 4.69) is 9.97 Å². The fraction of sp³-hybridized carbons (Fsp3) is 0.154. The quantitative estimate of drug-likeness (QED) is 0.754. The molecule has 0 saturated heterocycles. The molecular formula is C13H12N2O2. The number of hydrogen-bond acceptors (Lipinski definition) is 4. The largest absolute Gasteiger partial charge is 0.477 e. The van der Waals surface area contributed by atoms with Crippen LogP contribution < -0.4 is 4.74 Å². The van der Waals surface area contributed by atoms with Crippen LogP contribution >= 0.6 is 0 Å². The van der Waals surface area contributed by atoms with Gasteiger partial charge in [0.1, 0.15) is 6.29 Å². The molecule has 0 fully saturated rings. The lowest BCUT2D eigenvalue weighted by atomic mass is 10.1. The minimum absolute atomic E-state index is 0.504. The molecule has 0 spiro atoms. The highest BCUT2D eigenvalue weighted by Gasteiger charge is 2.02. The molecule has 0 N–H and O–H groups in total. The zero-order chi connectivity index (χ0) is 12.1. The Bertz CT molecular complexity index is 509. The third-order valence-corrected chi connectivity index (χ3v) is 2.25. The Morgan fingerprint density at radius 3 is 2.65 bits per heavy atom. The number of nitrogens with zero attached hydrogens (tertiary/aromatic N) is 2. The standard InChI is InChI=1S/C13H12N2O2/c1-2-17-13-8-14-7-12(15-13)11-5-3-10(9-16)4-6-11/h3-9H,2H2,1H3. The number of rotatable bonds is 4. The predicted octanol–water partition coefficient (Wildman–Crippen LogP) is 2.35. The topological polar surface area (TPSA) is 52.1 Å². The number of carbonyl (C=O) groups is 1. The molecule has 0 amide bonds. The molecule has 2 rings (SSSR count). The molecule has 1 aromatic carbocycles. The summed E-state index contributed by atoms with van der Waals surface area (Å²) in [6.07, 6.45) is 4.05. The van der Waals surface area contributed by atoms with Crippen molar-refractivity contribution in [3.8, 4) is 17.1 Å². The van der Waals surface area contributed by atoms with Gasteiger partial charge in [-0.3, -0.25) is 9.78 Å². The lowest BCUT2D eigenvalue weighted by molar-refractivity contribution is 0.112.